The molecule has 100 valence electrons. The van der Waals surface area contributed by atoms with Gasteiger partial charge in [-0.2, -0.15) is 0 Å². The Balaban J connectivity index is 2.01. The molecule has 3 nitrogen and oxygen atoms in total. The van der Waals surface area contributed by atoms with Crippen LogP contribution in [-0.4, -0.2) is 25.8 Å². The van der Waals surface area contributed by atoms with E-state index in [-0.39, 0.29) is 11.4 Å². The van der Waals surface area contributed by atoms with Crippen molar-refractivity contribution < 1.29 is 14.3 Å². The zero-order chi connectivity index (χ0) is 12.6. The van der Waals surface area contributed by atoms with E-state index < -0.39 is 0 Å². The van der Waals surface area contributed by atoms with Crippen molar-refractivity contribution in [1.82, 2.24) is 0 Å². The summed E-state index contributed by atoms with van der Waals surface area (Å²) in [7, 11) is 0. The van der Waals surface area contributed by atoms with Crippen molar-refractivity contribution in [3.05, 3.63) is 0 Å². The molecule has 0 bridgehead atoms. The third-order valence-corrected chi connectivity index (χ3v) is 3.59. The first kappa shape index (κ1) is 14.5. The number of hydrogen-bond donors (Lipinski definition) is 0. The van der Waals surface area contributed by atoms with Gasteiger partial charge in [0.15, 0.2) is 0 Å². The number of ether oxygens (including phenoxy) is 2. The number of rotatable bonds is 9. The molecule has 0 unspecified atom stereocenters. The molecule has 1 rings (SSSR count). The van der Waals surface area contributed by atoms with Gasteiger partial charge in [0.05, 0.1) is 18.6 Å². The Morgan fingerprint density at radius 3 is 2.41 bits per heavy atom. The topological polar surface area (TPSA) is 35.5 Å². The van der Waals surface area contributed by atoms with E-state index in [1.165, 1.54) is 19.3 Å². The number of carbonyl (C=O) groups is 1. The lowest BCUT2D eigenvalue weighted by Crippen LogP contribution is -2.46. The van der Waals surface area contributed by atoms with Crippen molar-refractivity contribution in [2.24, 2.45) is 5.41 Å². The first-order chi connectivity index (χ1) is 8.22. The minimum Gasteiger partial charge on any atom is -0.465 e. The summed E-state index contributed by atoms with van der Waals surface area (Å²) in [5.74, 6) is -0.0405. The van der Waals surface area contributed by atoms with Crippen molar-refractivity contribution in [2.45, 2.75) is 58.8 Å². The van der Waals surface area contributed by atoms with E-state index in [1.807, 2.05) is 0 Å². The van der Waals surface area contributed by atoms with Gasteiger partial charge in [-0.1, -0.05) is 39.5 Å². The molecule has 0 aromatic heterocycles. The summed E-state index contributed by atoms with van der Waals surface area (Å²) in [6, 6.07) is 0. The van der Waals surface area contributed by atoms with E-state index in [2.05, 4.69) is 13.8 Å². The number of hydrogen-bond acceptors (Lipinski definition) is 3. The minimum absolute atomic E-state index is 0.0405. The Hall–Kier alpha value is -0.570. The van der Waals surface area contributed by atoms with E-state index in [9.17, 15) is 4.79 Å². The summed E-state index contributed by atoms with van der Waals surface area (Å²) in [4.78, 5) is 11.5. The molecule has 17 heavy (non-hydrogen) atoms. The molecule has 0 aromatic carbocycles. The van der Waals surface area contributed by atoms with E-state index in [4.69, 9.17) is 9.47 Å². The molecule has 0 N–H and O–H groups in total. The summed E-state index contributed by atoms with van der Waals surface area (Å²) < 4.78 is 10.5. The highest BCUT2D eigenvalue weighted by molar-refractivity contribution is 5.69. The molecule has 0 saturated carbocycles. The fourth-order valence-electron chi connectivity index (χ4n) is 1.96. The molecule has 0 amide bonds. The monoisotopic (exact) mass is 242 g/mol. The molecule has 0 radical (unpaired) electrons. The second-order valence-electron chi connectivity index (χ2n) is 5.17. The highest BCUT2D eigenvalue weighted by Gasteiger charge is 2.38. The first-order valence-corrected chi connectivity index (χ1v) is 6.96. The van der Waals surface area contributed by atoms with Crippen LogP contribution in [0.1, 0.15) is 58.8 Å². The third kappa shape index (κ3) is 5.07. The van der Waals surface area contributed by atoms with Gasteiger partial charge in [0.1, 0.15) is 6.61 Å². The van der Waals surface area contributed by atoms with Crippen LogP contribution in [-0.2, 0) is 14.3 Å². The summed E-state index contributed by atoms with van der Waals surface area (Å²) in [5.41, 5.74) is 0.123. The van der Waals surface area contributed by atoms with Crippen molar-refractivity contribution in [2.75, 3.05) is 19.8 Å². The van der Waals surface area contributed by atoms with Crippen LogP contribution in [0.4, 0.5) is 0 Å². The Bertz CT molecular complexity index is 216. The maximum atomic E-state index is 11.5. The van der Waals surface area contributed by atoms with Crippen molar-refractivity contribution in [1.29, 1.82) is 0 Å². The van der Waals surface area contributed by atoms with Crippen molar-refractivity contribution in [3.8, 4) is 0 Å². The molecule has 1 fully saturated rings. The van der Waals surface area contributed by atoms with Crippen LogP contribution in [0.3, 0.4) is 0 Å². The highest BCUT2D eigenvalue weighted by Crippen LogP contribution is 2.31. The Morgan fingerprint density at radius 1 is 1.18 bits per heavy atom. The van der Waals surface area contributed by atoms with E-state index >= 15 is 0 Å². The van der Waals surface area contributed by atoms with Gasteiger partial charge in [-0.3, -0.25) is 4.79 Å². The van der Waals surface area contributed by atoms with E-state index in [0.717, 1.165) is 32.5 Å². The smallest absolute Gasteiger partial charge is 0.305 e. The van der Waals surface area contributed by atoms with E-state index in [1.54, 1.807) is 0 Å². The molecule has 0 spiro atoms. The van der Waals surface area contributed by atoms with Crippen molar-refractivity contribution >= 4 is 5.97 Å². The number of carbonyl (C=O) groups excluding carboxylic acids is 1. The maximum absolute atomic E-state index is 11.5. The molecule has 3 heteroatoms. The standard InChI is InChI=1S/C14H26O3/c1-3-5-6-7-8-9-13(15)17-12-14(4-2)10-16-11-14/h3-12H2,1-2H3. The molecule has 0 atom stereocenters. The average Bonchev–Trinajstić information content (AvgIpc) is 2.28. The Kier molecular flexibility index (Phi) is 6.56. The van der Waals surface area contributed by atoms with Gasteiger partial charge >= 0.3 is 5.97 Å². The molecule has 1 saturated heterocycles. The lowest BCUT2D eigenvalue weighted by molar-refractivity contribution is -0.170. The molecule has 1 aliphatic rings. The second kappa shape index (κ2) is 7.70. The van der Waals surface area contributed by atoms with Crippen molar-refractivity contribution in [3.63, 3.8) is 0 Å². The summed E-state index contributed by atoms with van der Waals surface area (Å²) in [5, 5.41) is 0. The lowest BCUT2D eigenvalue weighted by atomic mass is 9.84. The fraction of sp³-hybridized carbons (Fsp3) is 0.929. The van der Waals surface area contributed by atoms with Gasteiger partial charge in [0, 0.05) is 6.42 Å². The SMILES string of the molecule is CCCCCCCC(=O)OCC1(CC)COC1. The highest BCUT2D eigenvalue weighted by atomic mass is 16.5. The predicted octanol–water partition coefficient (Wildman–Crippen LogP) is 3.32. The molecular formula is C14H26O3. The van der Waals surface area contributed by atoms with Gasteiger partial charge < -0.3 is 9.47 Å². The van der Waals surface area contributed by atoms with Gasteiger partial charge in [0.25, 0.3) is 0 Å². The Labute approximate surface area is 105 Å². The van der Waals surface area contributed by atoms with Gasteiger partial charge in [0.2, 0.25) is 0 Å². The normalized spacial score (nSPS) is 17.5. The summed E-state index contributed by atoms with van der Waals surface area (Å²) >= 11 is 0. The van der Waals surface area contributed by atoms with Gasteiger partial charge in [-0.15, -0.1) is 0 Å². The molecule has 0 aromatic rings. The minimum atomic E-state index is -0.0405. The van der Waals surface area contributed by atoms with Crippen LogP contribution in [0, 0.1) is 5.41 Å². The summed E-state index contributed by atoms with van der Waals surface area (Å²) in [6.45, 7) is 6.35. The maximum Gasteiger partial charge on any atom is 0.305 e. The molecule has 0 aliphatic carbocycles. The van der Waals surface area contributed by atoms with Crippen LogP contribution in [0.15, 0.2) is 0 Å². The van der Waals surface area contributed by atoms with E-state index in [0.29, 0.717) is 13.0 Å². The average molecular weight is 242 g/mol. The third-order valence-electron chi connectivity index (χ3n) is 3.59. The second-order valence-corrected chi connectivity index (χ2v) is 5.17. The largest absolute Gasteiger partial charge is 0.465 e. The quantitative estimate of drug-likeness (QED) is 0.459. The molecule has 1 heterocycles. The number of esters is 1. The molecule has 1 aliphatic heterocycles. The van der Waals surface area contributed by atoms with Crippen LogP contribution in [0.2, 0.25) is 0 Å². The van der Waals surface area contributed by atoms with Crippen LogP contribution in [0.5, 0.6) is 0 Å². The van der Waals surface area contributed by atoms with Crippen LogP contribution >= 0.6 is 0 Å². The lowest BCUT2D eigenvalue weighted by Gasteiger charge is -2.39. The number of unbranched alkanes of at least 4 members (excludes halogenated alkanes) is 4. The zero-order valence-corrected chi connectivity index (χ0v) is 11.3. The zero-order valence-electron chi connectivity index (χ0n) is 11.3. The van der Waals surface area contributed by atoms with Gasteiger partial charge in [-0.05, 0) is 12.8 Å². The summed E-state index contributed by atoms with van der Waals surface area (Å²) in [6.07, 6.45) is 7.45. The fourth-order valence-corrected chi connectivity index (χ4v) is 1.96. The predicted molar refractivity (Wildman–Crippen MR) is 67.9 cm³/mol. The van der Waals surface area contributed by atoms with Crippen LogP contribution in [0.25, 0.3) is 0 Å². The molecular weight excluding hydrogens is 216 g/mol. The van der Waals surface area contributed by atoms with Gasteiger partial charge in [-0.25, -0.2) is 0 Å². The Morgan fingerprint density at radius 2 is 1.88 bits per heavy atom. The van der Waals surface area contributed by atoms with Crippen LogP contribution < -0.4 is 0 Å². The first-order valence-electron chi connectivity index (χ1n) is 6.96.